The van der Waals surface area contributed by atoms with E-state index in [-0.39, 0.29) is 17.2 Å². The van der Waals surface area contributed by atoms with E-state index in [1.165, 1.54) is 12.1 Å². The first kappa shape index (κ1) is 11.9. The number of hydrogen-bond donors (Lipinski definition) is 3. The van der Waals surface area contributed by atoms with E-state index in [1.807, 2.05) is 0 Å². The van der Waals surface area contributed by atoms with Gasteiger partial charge in [-0.25, -0.2) is 5.10 Å². The minimum Gasteiger partial charge on any atom is -0.359 e. The van der Waals surface area contributed by atoms with E-state index >= 15 is 0 Å². The molecule has 7 heteroatoms. The molecule has 1 rings (SSSR count). The van der Waals surface area contributed by atoms with Gasteiger partial charge in [0.05, 0.1) is 0 Å². The molecular weight excluding hydrogens is 212 g/mol. The molecule has 0 atom stereocenters. The Labute approximate surface area is 91.2 Å². The third-order valence-electron chi connectivity index (χ3n) is 1.78. The Morgan fingerprint density at radius 3 is 2.88 bits per heavy atom. The number of nitrogens with one attached hydrogen (secondary N) is 3. The molecule has 0 aliphatic rings. The van der Waals surface area contributed by atoms with Crippen LogP contribution in [0.1, 0.15) is 16.9 Å². The summed E-state index contributed by atoms with van der Waals surface area (Å²) in [4.78, 5) is 32.0. The largest absolute Gasteiger partial charge is 0.359 e. The van der Waals surface area contributed by atoms with Crippen molar-refractivity contribution in [3.63, 3.8) is 0 Å². The molecule has 1 aromatic rings. The number of carbonyl (C=O) groups excluding carboxylic acids is 2. The predicted octanol–water partition coefficient (Wildman–Crippen LogP) is -1.36. The number of hydrogen-bond acceptors (Lipinski definition) is 4. The summed E-state index contributed by atoms with van der Waals surface area (Å²) in [5, 5.41) is 10.8. The van der Waals surface area contributed by atoms with Gasteiger partial charge in [-0.1, -0.05) is 0 Å². The van der Waals surface area contributed by atoms with E-state index in [1.54, 1.807) is 0 Å². The lowest BCUT2D eigenvalue weighted by atomic mass is 10.3. The maximum Gasteiger partial charge on any atom is 0.271 e. The molecule has 1 heterocycles. The van der Waals surface area contributed by atoms with Crippen molar-refractivity contribution in [2.24, 2.45) is 0 Å². The molecule has 7 nitrogen and oxygen atoms in total. The lowest BCUT2D eigenvalue weighted by Gasteiger charge is -2.03. The van der Waals surface area contributed by atoms with Crippen molar-refractivity contribution in [3.05, 3.63) is 28.2 Å². The molecule has 0 radical (unpaired) electrons. The van der Waals surface area contributed by atoms with E-state index < -0.39 is 0 Å². The molecule has 0 unspecified atom stereocenters. The van der Waals surface area contributed by atoms with Gasteiger partial charge in [-0.2, -0.15) is 5.10 Å². The van der Waals surface area contributed by atoms with E-state index in [0.29, 0.717) is 25.9 Å². The fourth-order valence-corrected chi connectivity index (χ4v) is 1.01. The van der Waals surface area contributed by atoms with Gasteiger partial charge in [0.25, 0.3) is 11.5 Å². The highest BCUT2D eigenvalue weighted by molar-refractivity contribution is 5.91. The first-order valence-electron chi connectivity index (χ1n) is 4.75. The number of aromatic amines is 1. The van der Waals surface area contributed by atoms with E-state index in [0.717, 1.165) is 0 Å². The number of rotatable bonds is 6. The maximum atomic E-state index is 11.4. The maximum absolute atomic E-state index is 11.4. The van der Waals surface area contributed by atoms with Crippen molar-refractivity contribution >= 4 is 12.3 Å². The zero-order valence-corrected chi connectivity index (χ0v) is 8.53. The van der Waals surface area contributed by atoms with Gasteiger partial charge in [0, 0.05) is 19.2 Å². The van der Waals surface area contributed by atoms with E-state index in [2.05, 4.69) is 20.8 Å². The van der Waals surface area contributed by atoms with Crippen molar-refractivity contribution in [1.82, 2.24) is 20.8 Å². The van der Waals surface area contributed by atoms with Gasteiger partial charge < -0.3 is 10.6 Å². The van der Waals surface area contributed by atoms with Crippen LogP contribution in [0.15, 0.2) is 16.9 Å². The van der Waals surface area contributed by atoms with Gasteiger partial charge in [-0.3, -0.25) is 14.4 Å². The molecule has 0 aliphatic heterocycles. The Kier molecular flexibility index (Phi) is 4.71. The SMILES string of the molecule is O=CNCCCNC(=O)c1ccc(=O)[nH]n1. The van der Waals surface area contributed by atoms with Crippen LogP contribution in [0.4, 0.5) is 0 Å². The standard InChI is InChI=1S/C9H12N4O3/c14-6-10-4-1-5-11-9(16)7-2-3-8(15)13-12-7/h2-3,6H,1,4-5H2,(H,10,14)(H,11,16)(H,13,15). The molecule has 86 valence electrons. The van der Waals surface area contributed by atoms with Crippen LogP contribution in [-0.4, -0.2) is 35.6 Å². The second-order valence-corrected chi connectivity index (χ2v) is 2.99. The molecule has 3 N–H and O–H groups in total. The Morgan fingerprint density at radius 2 is 2.25 bits per heavy atom. The van der Waals surface area contributed by atoms with Crippen molar-refractivity contribution in [3.8, 4) is 0 Å². The van der Waals surface area contributed by atoms with Crippen LogP contribution >= 0.6 is 0 Å². The molecule has 16 heavy (non-hydrogen) atoms. The number of aromatic nitrogens is 2. The second kappa shape index (κ2) is 6.33. The summed E-state index contributed by atoms with van der Waals surface area (Å²) < 4.78 is 0. The summed E-state index contributed by atoms with van der Waals surface area (Å²) in [6, 6.07) is 2.58. The quantitative estimate of drug-likeness (QED) is 0.410. The molecule has 0 aromatic carbocycles. The summed E-state index contributed by atoms with van der Waals surface area (Å²) >= 11 is 0. The highest BCUT2D eigenvalue weighted by Gasteiger charge is 2.05. The first-order valence-corrected chi connectivity index (χ1v) is 4.75. The minimum atomic E-state index is -0.359. The molecule has 0 bridgehead atoms. The Morgan fingerprint density at radius 1 is 1.44 bits per heavy atom. The van der Waals surface area contributed by atoms with Gasteiger partial charge in [0.15, 0.2) is 0 Å². The lowest BCUT2D eigenvalue weighted by Crippen LogP contribution is -2.28. The topological polar surface area (TPSA) is 104 Å². The van der Waals surface area contributed by atoms with Crippen LogP contribution in [0.2, 0.25) is 0 Å². The van der Waals surface area contributed by atoms with Crippen molar-refractivity contribution in [2.45, 2.75) is 6.42 Å². The molecule has 0 saturated heterocycles. The molecule has 1 aromatic heterocycles. The van der Waals surface area contributed by atoms with Crippen LogP contribution in [0.5, 0.6) is 0 Å². The van der Waals surface area contributed by atoms with Crippen LogP contribution in [0, 0.1) is 0 Å². The number of amides is 2. The summed E-state index contributed by atoms with van der Waals surface area (Å²) in [7, 11) is 0. The average Bonchev–Trinajstić information content (AvgIpc) is 2.29. The molecule has 2 amide bonds. The Balaban J connectivity index is 2.32. The number of carbonyl (C=O) groups is 2. The highest BCUT2D eigenvalue weighted by atomic mass is 16.2. The van der Waals surface area contributed by atoms with Crippen LogP contribution in [0.25, 0.3) is 0 Å². The average molecular weight is 224 g/mol. The second-order valence-electron chi connectivity index (χ2n) is 2.99. The fraction of sp³-hybridized carbons (Fsp3) is 0.333. The smallest absolute Gasteiger partial charge is 0.271 e. The summed E-state index contributed by atoms with van der Waals surface area (Å²) in [5.74, 6) is -0.359. The zero-order chi connectivity index (χ0) is 11.8. The predicted molar refractivity (Wildman–Crippen MR) is 55.9 cm³/mol. The van der Waals surface area contributed by atoms with Crippen LogP contribution < -0.4 is 16.2 Å². The Bertz CT molecular complexity index is 395. The number of H-pyrrole nitrogens is 1. The zero-order valence-electron chi connectivity index (χ0n) is 8.53. The third-order valence-corrected chi connectivity index (χ3v) is 1.78. The molecule has 0 aliphatic carbocycles. The molecule has 0 saturated carbocycles. The van der Waals surface area contributed by atoms with E-state index in [4.69, 9.17) is 0 Å². The third kappa shape index (κ3) is 3.91. The van der Waals surface area contributed by atoms with Gasteiger partial charge >= 0.3 is 0 Å². The normalized spacial score (nSPS) is 9.50. The number of nitrogens with zero attached hydrogens (tertiary/aromatic N) is 1. The van der Waals surface area contributed by atoms with Crippen molar-refractivity contribution in [1.29, 1.82) is 0 Å². The van der Waals surface area contributed by atoms with Crippen molar-refractivity contribution < 1.29 is 9.59 Å². The van der Waals surface area contributed by atoms with Gasteiger partial charge in [-0.15, -0.1) is 0 Å². The highest BCUT2D eigenvalue weighted by Crippen LogP contribution is 1.88. The summed E-state index contributed by atoms with van der Waals surface area (Å²) in [6.45, 7) is 0.934. The molecule has 0 fully saturated rings. The monoisotopic (exact) mass is 224 g/mol. The van der Waals surface area contributed by atoms with Crippen molar-refractivity contribution in [2.75, 3.05) is 13.1 Å². The Hall–Kier alpha value is -2.18. The molecular formula is C9H12N4O3. The van der Waals surface area contributed by atoms with Gasteiger partial charge in [0.1, 0.15) is 5.69 Å². The fourth-order valence-electron chi connectivity index (χ4n) is 1.01. The van der Waals surface area contributed by atoms with Gasteiger partial charge in [0.2, 0.25) is 6.41 Å². The molecule has 0 spiro atoms. The van der Waals surface area contributed by atoms with E-state index in [9.17, 15) is 14.4 Å². The van der Waals surface area contributed by atoms with Gasteiger partial charge in [-0.05, 0) is 12.5 Å². The first-order chi connectivity index (χ1) is 7.74. The van der Waals surface area contributed by atoms with Crippen LogP contribution in [-0.2, 0) is 4.79 Å². The summed E-state index contributed by atoms with van der Waals surface area (Å²) in [6.07, 6.45) is 1.24. The summed E-state index contributed by atoms with van der Waals surface area (Å²) in [5.41, 5.74) is -0.199. The lowest BCUT2D eigenvalue weighted by molar-refractivity contribution is -0.109. The minimum absolute atomic E-state index is 0.156. The van der Waals surface area contributed by atoms with Crippen LogP contribution in [0.3, 0.4) is 0 Å².